The Morgan fingerprint density at radius 2 is 1.57 bits per heavy atom. The summed E-state index contributed by atoms with van der Waals surface area (Å²) in [6.45, 7) is 1.63. The van der Waals surface area contributed by atoms with E-state index in [1.54, 1.807) is 42.5 Å². The maximum Gasteiger partial charge on any atom is 0.264 e. The van der Waals surface area contributed by atoms with Gasteiger partial charge in [-0.05, 0) is 43.5 Å². The number of benzene rings is 2. The summed E-state index contributed by atoms with van der Waals surface area (Å²) in [6.07, 6.45) is 6.53. The van der Waals surface area contributed by atoms with Gasteiger partial charge in [0.25, 0.3) is 10.0 Å². The number of para-hydroxylation sites is 1. The molecule has 2 aromatic rings. The third kappa shape index (κ3) is 4.93. The molecule has 1 N–H and O–H groups in total. The lowest BCUT2D eigenvalue weighted by atomic mass is 10.1. The van der Waals surface area contributed by atoms with Crippen LogP contribution in [-0.2, 0) is 14.8 Å². The van der Waals surface area contributed by atoms with E-state index >= 15 is 0 Å². The van der Waals surface area contributed by atoms with Crippen LogP contribution in [0, 0.1) is 6.92 Å². The van der Waals surface area contributed by atoms with E-state index in [2.05, 4.69) is 5.32 Å². The van der Waals surface area contributed by atoms with Crippen LogP contribution in [0.4, 0.5) is 5.69 Å². The largest absolute Gasteiger partial charge is 0.352 e. The summed E-state index contributed by atoms with van der Waals surface area (Å²) in [5.74, 6) is -0.255. The van der Waals surface area contributed by atoms with E-state index in [4.69, 9.17) is 0 Å². The summed E-state index contributed by atoms with van der Waals surface area (Å²) >= 11 is 0. The number of anilines is 1. The van der Waals surface area contributed by atoms with E-state index in [0.717, 1.165) is 31.2 Å². The molecular weight excluding hydrogens is 372 g/mol. The van der Waals surface area contributed by atoms with Crippen LogP contribution in [0.25, 0.3) is 0 Å². The van der Waals surface area contributed by atoms with Crippen molar-refractivity contribution in [3.63, 3.8) is 0 Å². The smallest absolute Gasteiger partial charge is 0.264 e. The minimum Gasteiger partial charge on any atom is -0.352 e. The molecule has 1 amide bonds. The molecule has 0 heterocycles. The maximum atomic E-state index is 13.3. The molecule has 0 radical (unpaired) electrons. The predicted molar refractivity (Wildman–Crippen MR) is 112 cm³/mol. The fourth-order valence-electron chi connectivity index (χ4n) is 3.69. The SMILES string of the molecule is Cc1ccccc1N(CC(=O)NC1CCCCCC1)S(=O)(=O)c1ccccc1. The minimum absolute atomic E-state index is 0.133. The molecule has 1 fully saturated rings. The molecule has 3 rings (SSSR count). The first-order valence-corrected chi connectivity index (χ1v) is 11.4. The van der Waals surface area contributed by atoms with Crippen LogP contribution in [0.15, 0.2) is 59.5 Å². The maximum absolute atomic E-state index is 13.3. The average Bonchev–Trinajstić information content (AvgIpc) is 2.96. The number of hydrogen-bond acceptors (Lipinski definition) is 3. The lowest BCUT2D eigenvalue weighted by Crippen LogP contribution is -2.44. The van der Waals surface area contributed by atoms with E-state index < -0.39 is 10.0 Å². The summed E-state index contributed by atoms with van der Waals surface area (Å²) < 4.78 is 27.9. The van der Waals surface area contributed by atoms with Gasteiger partial charge < -0.3 is 5.32 Å². The first-order valence-electron chi connectivity index (χ1n) is 9.91. The molecule has 6 heteroatoms. The number of rotatable bonds is 6. The van der Waals surface area contributed by atoms with Gasteiger partial charge in [0.15, 0.2) is 0 Å². The third-order valence-corrected chi connectivity index (χ3v) is 7.00. The summed E-state index contributed by atoms with van der Waals surface area (Å²) in [4.78, 5) is 13.0. The zero-order valence-electron chi connectivity index (χ0n) is 16.3. The predicted octanol–water partition coefficient (Wildman–Crippen LogP) is 4.03. The van der Waals surface area contributed by atoms with E-state index in [0.29, 0.717) is 5.69 Å². The number of sulfonamides is 1. The van der Waals surface area contributed by atoms with Gasteiger partial charge in [-0.3, -0.25) is 9.10 Å². The van der Waals surface area contributed by atoms with E-state index in [1.165, 1.54) is 17.1 Å². The Bertz CT molecular complexity index is 889. The molecule has 0 spiro atoms. The first kappa shape index (κ1) is 20.4. The van der Waals surface area contributed by atoms with Crippen LogP contribution in [0.2, 0.25) is 0 Å². The lowest BCUT2D eigenvalue weighted by Gasteiger charge is -2.26. The van der Waals surface area contributed by atoms with Gasteiger partial charge in [0.2, 0.25) is 5.91 Å². The molecule has 5 nitrogen and oxygen atoms in total. The summed E-state index contributed by atoms with van der Waals surface area (Å²) in [5, 5.41) is 3.06. The van der Waals surface area contributed by atoms with Gasteiger partial charge in [0, 0.05) is 6.04 Å². The lowest BCUT2D eigenvalue weighted by molar-refractivity contribution is -0.120. The number of carbonyl (C=O) groups is 1. The Morgan fingerprint density at radius 3 is 2.21 bits per heavy atom. The van der Waals surface area contributed by atoms with Gasteiger partial charge in [0.1, 0.15) is 6.54 Å². The van der Waals surface area contributed by atoms with Crippen molar-refractivity contribution in [3.05, 3.63) is 60.2 Å². The molecule has 1 saturated carbocycles. The fraction of sp³-hybridized carbons (Fsp3) is 0.409. The van der Waals surface area contributed by atoms with E-state index in [1.807, 2.05) is 19.1 Å². The first-order chi connectivity index (χ1) is 13.5. The molecule has 28 heavy (non-hydrogen) atoms. The number of nitrogens with one attached hydrogen (secondary N) is 1. The second kappa shape index (κ2) is 9.24. The van der Waals surface area contributed by atoms with Crippen molar-refractivity contribution in [3.8, 4) is 0 Å². The number of nitrogens with zero attached hydrogens (tertiary/aromatic N) is 1. The quantitative estimate of drug-likeness (QED) is 0.745. The summed E-state index contributed by atoms with van der Waals surface area (Å²) in [5.41, 5.74) is 1.34. The van der Waals surface area contributed by atoms with Crippen molar-refractivity contribution in [1.29, 1.82) is 0 Å². The van der Waals surface area contributed by atoms with Crippen LogP contribution in [-0.4, -0.2) is 26.9 Å². The van der Waals surface area contributed by atoms with Crippen LogP contribution < -0.4 is 9.62 Å². The van der Waals surface area contributed by atoms with Gasteiger partial charge in [0.05, 0.1) is 10.6 Å². The third-order valence-electron chi connectivity index (χ3n) is 5.22. The van der Waals surface area contributed by atoms with Crippen LogP contribution in [0.3, 0.4) is 0 Å². The Balaban J connectivity index is 1.87. The zero-order chi connectivity index (χ0) is 20.0. The normalized spacial score (nSPS) is 15.6. The van der Waals surface area contributed by atoms with Gasteiger partial charge in [-0.15, -0.1) is 0 Å². The Morgan fingerprint density at radius 1 is 0.964 bits per heavy atom. The van der Waals surface area contributed by atoms with Gasteiger partial charge in [-0.25, -0.2) is 8.42 Å². The highest BCUT2D eigenvalue weighted by atomic mass is 32.2. The van der Waals surface area contributed by atoms with Gasteiger partial charge in [-0.1, -0.05) is 62.1 Å². The summed E-state index contributed by atoms with van der Waals surface area (Å²) in [6, 6.07) is 15.7. The second-order valence-electron chi connectivity index (χ2n) is 7.37. The number of aryl methyl sites for hydroxylation is 1. The van der Waals surface area contributed by atoms with Crippen molar-refractivity contribution in [2.75, 3.05) is 10.8 Å². The summed E-state index contributed by atoms with van der Waals surface area (Å²) in [7, 11) is -3.85. The molecule has 0 bridgehead atoms. The molecule has 0 atom stereocenters. The Hall–Kier alpha value is -2.34. The molecule has 0 unspecified atom stereocenters. The van der Waals surface area contributed by atoms with Crippen molar-refractivity contribution < 1.29 is 13.2 Å². The molecule has 0 saturated heterocycles. The molecule has 0 aliphatic heterocycles. The van der Waals surface area contributed by atoms with E-state index in [9.17, 15) is 13.2 Å². The highest BCUT2D eigenvalue weighted by molar-refractivity contribution is 7.92. The van der Waals surface area contributed by atoms with Crippen molar-refractivity contribution in [2.24, 2.45) is 0 Å². The topological polar surface area (TPSA) is 66.5 Å². The van der Waals surface area contributed by atoms with Crippen molar-refractivity contribution >= 4 is 21.6 Å². The monoisotopic (exact) mass is 400 g/mol. The van der Waals surface area contributed by atoms with Crippen molar-refractivity contribution in [2.45, 2.75) is 56.4 Å². The average molecular weight is 401 g/mol. The standard InChI is InChI=1S/C22H28N2O3S/c1-18-11-9-10-16-21(18)24(28(26,27)20-14-7-4-8-15-20)17-22(25)23-19-12-5-2-3-6-13-19/h4,7-11,14-16,19H,2-3,5-6,12-13,17H2,1H3,(H,23,25). The van der Waals surface area contributed by atoms with Crippen molar-refractivity contribution in [1.82, 2.24) is 5.32 Å². The van der Waals surface area contributed by atoms with Gasteiger partial charge in [-0.2, -0.15) is 0 Å². The van der Waals surface area contributed by atoms with Crippen LogP contribution in [0.5, 0.6) is 0 Å². The molecule has 150 valence electrons. The van der Waals surface area contributed by atoms with E-state index in [-0.39, 0.29) is 23.4 Å². The van der Waals surface area contributed by atoms with Crippen LogP contribution >= 0.6 is 0 Å². The second-order valence-corrected chi connectivity index (χ2v) is 9.23. The number of amides is 1. The molecular formula is C22H28N2O3S. The Labute approximate surface area is 167 Å². The van der Waals surface area contributed by atoms with Gasteiger partial charge >= 0.3 is 0 Å². The fourth-order valence-corrected chi connectivity index (χ4v) is 5.20. The molecule has 2 aromatic carbocycles. The highest BCUT2D eigenvalue weighted by Gasteiger charge is 2.28. The Kier molecular flexibility index (Phi) is 6.73. The molecule has 1 aliphatic rings. The molecule has 1 aliphatic carbocycles. The highest BCUT2D eigenvalue weighted by Crippen LogP contribution is 2.26. The zero-order valence-corrected chi connectivity index (χ0v) is 17.1. The van der Waals surface area contributed by atoms with Crippen LogP contribution in [0.1, 0.15) is 44.1 Å². The number of carbonyl (C=O) groups excluding carboxylic acids is 1. The number of hydrogen-bond donors (Lipinski definition) is 1. The minimum atomic E-state index is -3.85. The molecule has 0 aromatic heterocycles.